The summed E-state index contributed by atoms with van der Waals surface area (Å²) in [6, 6.07) is 0. The van der Waals surface area contributed by atoms with E-state index in [1.807, 2.05) is 6.33 Å². The molecule has 2 saturated carbocycles. The molecular weight excluding hydrogens is 250 g/mol. The molecule has 2 heterocycles. The lowest BCUT2D eigenvalue weighted by molar-refractivity contribution is 0.0873. The van der Waals surface area contributed by atoms with Gasteiger partial charge in [-0.05, 0) is 37.5 Å². The van der Waals surface area contributed by atoms with Gasteiger partial charge in [-0.25, -0.2) is 4.98 Å². The Hall–Kier alpha value is -0.870. The summed E-state index contributed by atoms with van der Waals surface area (Å²) in [6.07, 6.45) is 7.56. The Labute approximate surface area is 121 Å². The summed E-state index contributed by atoms with van der Waals surface area (Å²) in [5.74, 6) is 2.31. The first-order valence-corrected chi connectivity index (χ1v) is 8.10. The molecule has 0 N–H and O–H groups in total. The molecule has 0 spiro atoms. The Morgan fingerprint density at radius 1 is 1.20 bits per heavy atom. The number of aryl methyl sites for hydroxylation is 1. The van der Waals surface area contributed by atoms with Crippen molar-refractivity contribution in [3.63, 3.8) is 0 Å². The Morgan fingerprint density at radius 3 is 2.75 bits per heavy atom. The van der Waals surface area contributed by atoms with Crippen LogP contribution in [0.2, 0.25) is 0 Å². The van der Waals surface area contributed by atoms with Crippen LogP contribution in [0.3, 0.4) is 0 Å². The van der Waals surface area contributed by atoms with Gasteiger partial charge in [0.2, 0.25) is 0 Å². The topological polar surface area (TPSA) is 30.3 Å². The van der Waals surface area contributed by atoms with Gasteiger partial charge in [0.1, 0.15) is 0 Å². The van der Waals surface area contributed by atoms with Crippen LogP contribution < -0.4 is 0 Å². The van der Waals surface area contributed by atoms with Gasteiger partial charge in [-0.3, -0.25) is 4.90 Å². The smallest absolute Gasteiger partial charge is 0.0949 e. The zero-order valence-corrected chi connectivity index (χ0v) is 12.4. The maximum atomic E-state index is 5.98. The Morgan fingerprint density at radius 2 is 2.00 bits per heavy atom. The van der Waals surface area contributed by atoms with Gasteiger partial charge >= 0.3 is 0 Å². The maximum Gasteiger partial charge on any atom is 0.0949 e. The number of aromatic nitrogens is 2. The molecule has 110 valence electrons. The average Bonchev–Trinajstić information content (AvgIpc) is 3.33. The zero-order chi connectivity index (χ0) is 13.5. The fourth-order valence-electron chi connectivity index (χ4n) is 3.41. The van der Waals surface area contributed by atoms with E-state index in [1.54, 1.807) is 0 Å². The lowest BCUT2D eigenvalue weighted by Crippen LogP contribution is -2.37. The molecule has 0 saturated heterocycles. The lowest BCUT2D eigenvalue weighted by Gasteiger charge is -2.32. The van der Waals surface area contributed by atoms with E-state index in [4.69, 9.17) is 4.74 Å². The number of fused-ring (bicyclic) bond motifs is 1. The molecule has 2 fully saturated rings. The van der Waals surface area contributed by atoms with Gasteiger partial charge in [-0.15, -0.1) is 0 Å². The molecule has 1 unspecified atom stereocenters. The van der Waals surface area contributed by atoms with Crippen LogP contribution in [0.15, 0.2) is 6.33 Å². The molecule has 0 radical (unpaired) electrons. The van der Waals surface area contributed by atoms with Crippen molar-refractivity contribution < 1.29 is 4.74 Å². The quantitative estimate of drug-likeness (QED) is 0.797. The highest BCUT2D eigenvalue weighted by atomic mass is 16.5. The molecule has 4 nitrogen and oxygen atoms in total. The molecule has 2 aliphatic carbocycles. The molecule has 1 aromatic rings. The zero-order valence-electron chi connectivity index (χ0n) is 12.4. The van der Waals surface area contributed by atoms with Gasteiger partial charge in [-0.2, -0.15) is 0 Å². The third kappa shape index (κ3) is 2.77. The van der Waals surface area contributed by atoms with Crippen molar-refractivity contribution in [2.24, 2.45) is 18.9 Å². The van der Waals surface area contributed by atoms with Gasteiger partial charge in [0.25, 0.3) is 0 Å². The minimum absolute atomic E-state index is 0.503. The highest BCUT2D eigenvalue weighted by Crippen LogP contribution is 2.34. The number of hydrogen-bond acceptors (Lipinski definition) is 3. The highest BCUT2D eigenvalue weighted by Gasteiger charge is 2.33. The van der Waals surface area contributed by atoms with Gasteiger partial charge in [0, 0.05) is 44.9 Å². The van der Waals surface area contributed by atoms with Crippen molar-refractivity contribution in [3.8, 4) is 0 Å². The summed E-state index contributed by atoms with van der Waals surface area (Å²) in [7, 11) is 2.12. The second kappa shape index (κ2) is 5.15. The summed E-state index contributed by atoms with van der Waals surface area (Å²) in [4.78, 5) is 7.20. The van der Waals surface area contributed by atoms with Crippen molar-refractivity contribution in [1.82, 2.24) is 14.5 Å². The van der Waals surface area contributed by atoms with E-state index in [1.165, 1.54) is 43.6 Å². The van der Waals surface area contributed by atoms with E-state index in [2.05, 4.69) is 21.5 Å². The fourth-order valence-corrected chi connectivity index (χ4v) is 3.41. The van der Waals surface area contributed by atoms with Crippen molar-refractivity contribution in [3.05, 3.63) is 17.7 Å². The van der Waals surface area contributed by atoms with Crippen LogP contribution in [0, 0.1) is 11.8 Å². The number of hydrogen-bond donors (Lipinski definition) is 0. The third-order valence-electron chi connectivity index (χ3n) is 4.88. The molecule has 3 aliphatic rings. The standard InChI is InChI=1S/C16H25N3O/c1-18-11-17-15-8-19(6-12-2-3-12)7-14(16(15)18)10-20-9-13-4-5-13/h11-14H,2-10H2,1H3. The van der Waals surface area contributed by atoms with Gasteiger partial charge in [0.15, 0.2) is 0 Å². The number of ether oxygens (including phenoxy) is 1. The van der Waals surface area contributed by atoms with E-state index in [9.17, 15) is 0 Å². The number of imidazole rings is 1. The van der Waals surface area contributed by atoms with E-state index >= 15 is 0 Å². The molecule has 4 heteroatoms. The highest BCUT2D eigenvalue weighted by molar-refractivity contribution is 5.22. The summed E-state index contributed by atoms with van der Waals surface area (Å²) >= 11 is 0. The monoisotopic (exact) mass is 275 g/mol. The van der Waals surface area contributed by atoms with E-state index < -0.39 is 0 Å². The first-order chi connectivity index (χ1) is 9.79. The molecule has 1 atom stereocenters. The predicted molar refractivity (Wildman–Crippen MR) is 77.5 cm³/mol. The second-order valence-corrected chi connectivity index (χ2v) is 7.00. The SMILES string of the molecule is Cn1cnc2c1C(COCC1CC1)CN(CC1CC1)C2. The van der Waals surface area contributed by atoms with Crippen molar-refractivity contribution in [2.45, 2.75) is 38.1 Å². The van der Waals surface area contributed by atoms with Gasteiger partial charge < -0.3 is 9.30 Å². The van der Waals surface area contributed by atoms with Gasteiger partial charge in [0.05, 0.1) is 18.6 Å². The molecule has 0 amide bonds. The first-order valence-electron chi connectivity index (χ1n) is 8.10. The predicted octanol–water partition coefficient (Wildman–Crippen LogP) is 2.16. The normalized spacial score (nSPS) is 26.8. The maximum absolute atomic E-state index is 5.98. The molecule has 1 aliphatic heterocycles. The van der Waals surface area contributed by atoms with Crippen LogP contribution in [0.1, 0.15) is 43.0 Å². The molecule has 20 heavy (non-hydrogen) atoms. The van der Waals surface area contributed by atoms with E-state index in [-0.39, 0.29) is 0 Å². The molecule has 4 rings (SSSR count). The molecular formula is C16H25N3O. The van der Waals surface area contributed by atoms with Crippen LogP contribution in [0.5, 0.6) is 0 Å². The van der Waals surface area contributed by atoms with Crippen LogP contribution in [0.4, 0.5) is 0 Å². The van der Waals surface area contributed by atoms with E-state index in [0.29, 0.717) is 5.92 Å². The van der Waals surface area contributed by atoms with Crippen LogP contribution in [0.25, 0.3) is 0 Å². The summed E-state index contributed by atoms with van der Waals surface area (Å²) in [5, 5.41) is 0. The van der Waals surface area contributed by atoms with Crippen molar-refractivity contribution in [2.75, 3.05) is 26.3 Å². The largest absolute Gasteiger partial charge is 0.380 e. The van der Waals surface area contributed by atoms with Crippen LogP contribution in [-0.4, -0.2) is 40.8 Å². The Balaban J connectivity index is 1.43. The van der Waals surface area contributed by atoms with Crippen LogP contribution in [-0.2, 0) is 18.3 Å². The Kier molecular flexibility index (Phi) is 3.31. The second-order valence-electron chi connectivity index (χ2n) is 7.00. The Bertz CT molecular complexity index is 476. The minimum atomic E-state index is 0.503. The lowest BCUT2D eigenvalue weighted by atomic mass is 9.98. The average molecular weight is 275 g/mol. The van der Waals surface area contributed by atoms with Gasteiger partial charge in [-0.1, -0.05) is 0 Å². The van der Waals surface area contributed by atoms with Crippen LogP contribution >= 0.6 is 0 Å². The fraction of sp³-hybridized carbons (Fsp3) is 0.812. The first kappa shape index (κ1) is 12.8. The molecule has 0 bridgehead atoms. The van der Waals surface area contributed by atoms with E-state index in [0.717, 1.165) is 38.1 Å². The molecule has 1 aromatic heterocycles. The van der Waals surface area contributed by atoms with Crippen molar-refractivity contribution >= 4 is 0 Å². The minimum Gasteiger partial charge on any atom is -0.380 e. The van der Waals surface area contributed by atoms with Crippen molar-refractivity contribution in [1.29, 1.82) is 0 Å². The number of rotatable bonds is 6. The molecule has 0 aromatic carbocycles. The number of nitrogens with zero attached hydrogens (tertiary/aromatic N) is 3. The summed E-state index contributed by atoms with van der Waals surface area (Å²) in [6.45, 7) is 5.27. The third-order valence-corrected chi connectivity index (χ3v) is 4.88. The summed E-state index contributed by atoms with van der Waals surface area (Å²) in [5.41, 5.74) is 2.69. The summed E-state index contributed by atoms with van der Waals surface area (Å²) < 4.78 is 8.18.